The van der Waals surface area contributed by atoms with Crippen LogP contribution in [0.25, 0.3) is 0 Å². The molecular formula is C14H17N3O3S3. The first-order chi connectivity index (χ1) is 10.8. The lowest BCUT2D eigenvalue weighted by atomic mass is 10.1. The Kier molecular flexibility index (Phi) is 4.63. The average molecular weight is 372 g/mol. The van der Waals surface area contributed by atoms with Gasteiger partial charge in [0.2, 0.25) is 5.13 Å². The van der Waals surface area contributed by atoms with E-state index in [2.05, 4.69) is 15.5 Å². The molecule has 2 N–H and O–H groups in total. The predicted molar refractivity (Wildman–Crippen MR) is 93.4 cm³/mol. The Labute approximate surface area is 143 Å². The third-order valence-electron chi connectivity index (χ3n) is 3.78. The summed E-state index contributed by atoms with van der Waals surface area (Å²) in [5, 5.41) is 21.5. The molecule has 2 aromatic rings. The highest BCUT2D eigenvalue weighted by atomic mass is 32.2. The first-order valence-electron chi connectivity index (χ1n) is 7.06. The number of thioether (sulfide) groups is 1. The highest BCUT2D eigenvalue weighted by molar-refractivity contribution is 8.03. The van der Waals surface area contributed by atoms with Crippen molar-refractivity contribution in [3.8, 4) is 0 Å². The van der Waals surface area contributed by atoms with Gasteiger partial charge < -0.3 is 10.4 Å². The van der Waals surface area contributed by atoms with E-state index >= 15 is 0 Å². The summed E-state index contributed by atoms with van der Waals surface area (Å²) in [5.74, 6) is -0.185. The first-order valence-corrected chi connectivity index (χ1v) is 10.6. The van der Waals surface area contributed by atoms with Crippen LogP contribution in [0, 0.1) is 13.8 Å². The van der Waals surface area contributed by atoms with E-state index in [0.717, 1.165) is 11.3 Å². The molecule has 3 rings (SSSR count). The van der Waals surface area contributed by atoms with Crippen LogP contribution in [0.15, 0.2) is 22.5 Å². The number of aromatic nitrogens is 2. The summed E-state index contributed by atoms with van der Waals surface area (Å²) in [6, 6.07) is 5.99. The van der Waals surface area contributed by atoms with Crippen molar-refractivity contribution >= 4 is 43.8 Å². The average Bonchev–Trinajstić information content (AvgIpc) is 2.99. The number of benzene rings is 1. The second-order valence-electron chi connectivity index (χ2n) is 5.55. The minimum absolute atomic E-state index is 0.0157. The van der Waals surface area contributed by atoms with Crippen molar-refractivity contribution in [2.75, 3.05) is 16.8 Å². The molecule has 0 bridgehead atoms. The maximum absolute atomic E-state index is 11.5. The highest BCUT2D eigenvalue weighted by Crippen LogP contribution is 2.35. The molecule has 1 aromatic carbocycles. The van der Waals surface area contributed by atoms with Gasteiger partial charge in [0.15, 0.2) is 14.2 Å². The number of hydrogen-bond acceptors (Lipinski definition) is 8. The number of rotatable bonds is 4. The lowest BCUT2D eigenvalue weighted by Crippen LogP contribution is -2.19. The van der Waals surface area contributed by atoms with Crippen molar-refractivity contribution in [1.82, 2.24) is 10.2 Å². The van der Waals surface area contributed by atoms with E-state index in [1.165, 1.54) is 28.7 Å². The second-order valence-corrected chi connectivity index (χ2v) is 10.2. The molecule has 0 aliphatic carbocycles. The molecule has 124 valence electrons. The van der Waals surface area contributed by atoms with Crippen molar-refractivity contribution in [2.24, 2.45) is 0 Å². The van der Waals surface area contributed by atoms with Crippen LogP contribution in [-0.2, 0) is 9.84 Å². The van der Waals surface area contributed by atoms with E-state index < -0.39 is 15.9 Å². The number of hydrogen-bond donors (Lipinski definition) is 2. The smallest absolute Gasteiger partial charge is 0.210 e. The number of nitrogens with zero attached hydrogens (tertiary/aromatic N) is 2. The zero-order chi connectivity index (χ0) is 16.6. The summed E-state index contributed by atoms with van der Waals surface area (Å²) in [6.45, 7) is 4.08. The standard InChI is InChI=1S/C14H17N3O3S3/c1-8-4-3-5-10(9(8)2)15-13-16-17-14(22-13)21-12-7-23(19,20)6-11(12)18/h3-5,11-12,18H,6-7H2,1-2H3,(H,15,16)/t11-,12+/m1/s1. The van der Waals surface area contributed by atoms with E-state index in [4.69, 9.17) is 0 Å². The minimum Gasteiger partial charge on any atom is -0.391 e. The first kappa shape index (κ1) is 16.7. The predicted octanol–water partition coefficient (Wildman–Crippen LogP) is 2.15. The molecular weight excluding hydrogens is 354 g/mol. The largest absolute Gasteiger partial charge is 0.391 e. The maximum Gasteiger partial charge on any atom is 0.210 e. The molecule has 23 heavy (non-hydrogen) atoms. The molecule has 6 nitrogen and oxygen atoms in total. The summed E-state index contributed by atoms with van der Waals surface area (Å²) in [7, 11) is -3.15. The lowest BCUT2D eigenvalue weighted by molar-refractivity contribution is 0.207. The third-order valence-corrected chi connectivity index (χ3v) is 7.94. The van der Waals surface area contributed by atoms with Gasteiger partial charge in [-0.2, -0.15) is 0 Å². The van der Waals surface area contributed by atoms with Crippen LogP contribution < -0.4 is 5.32 Å². The van der Waals surface area contributed by atoms with Gasteiger partial charge in [0, 0.05) is 5.69 Å². The molecule has 1 aliphatic rings. The summed E-state index contributed by atoms with van der Waals surface area (Å²) >= 11 is 2.63. The van der Waals surface area contributed by atoms with Crippen molar-refractivity contribution in [3.63, 3.8) is 0 Å². The Morgan fingerprint density at radius 1 is 1.30 bits per heavy atom. The molecule has 1 aliphatic heterocycles. The zero-order valence-electron chi connectivity index (χ0n) is 12.7. The summed E-state index contributed by atoms with van der Waals surface area (Å²) < 4.78 is 23.7. The maximum atomic E-state index is 11.5. The molecule has 2 heterocycles. The van der Waals surface area contributed by atoms with E-state index in [0.29, 0.717) is 9.47 Å². The molecule has 0 saturated carbocycles. The van der Waals surface area contributed by atoms with Crippen LogP contribution in [0.2, 0.25) is 0 Å². The van der Waals surface area contributed by atoms with Crippen LogP contribution >= 0.6 is 23.1 Å². The van der Waals surface area contributed by atoms with Crippen LogP contribution in [0.5, 0.6) is 0 Å². The van der Waals surface area contributed by atoms with E-state index in [1.807, 2.05) is 32.0 Å². The lowest BCUT2D eigenvalue weighted by Gasteiger charge is -2.09. The number of aryl methyl sites for hydroxylation is 1. The zero-order valence-corrected chi connectivity index (χ0v) is 15.1. The number of nitrogens with one attached hydrogen (secondary N) is 1. The Bertz CT molecular complexity index is 820. The van der Waals surface area contributed by atoms with Gasteiger partial charge in [-0.1, -0.05) is 35.2 Å². The Hall–Kier alpha value is -1.16. The van der Waals surface area contributed by atoms with Gasteiger partial charge in [0.25, 0.3) is 0 Å². The molecule has 0 unspecified atom stereocenters. The molecule has 1 aromatic heterocycles. The number of aliphatic hydroxyl groups is 1. The minimum atomic E-state index is -3.15. The van der Waals surface area contributed by atoms with Crippen LogP contribution in [-0.4, -0.2) is 46.6 Å². The Morgan fingerprint density at radius 3 is 2.78 bits per heavy atom. The van der Waals surface area contributed by atoms with Crippen molar-refractivity contribution in [1.29, 1.82) is 0 Å². The molecule has 2 atom stereocenters. The number of anilines is 2. The fourth-order valence-electron chi connectivity index (χ4n) is 2.35. The molecule has 1 fully saturated rings. The second kappa shape index (κ2) is 6.39. The van der Waals surface area contributed by atoms with Crippen molar-refractivity contribution in [3.05, 3.63) is 29.3 Å². The van der Waals surface area contributed by atoms with Gasteiger partial charge in [-0.25, -0.2) is 8.42 Å². The summed E-state index contributed by atoms with van der Waals surface area (Å²) in [5.41, 5.74) is 3.31. The van der Waals surface area contributed by atoms with Crippen LogP contribution in [0.1, 0.15) is 11.1 Å². The van der Waals surface area contributed by atoms with Gasteiger partial charge in [0.1, 0.15) is 0 Å². The van der Waals surface area contributed by atoms with Crippen LogP contribution in [0.4, 0.5) is 10.8 Å². The SMILES string of the molecule is Cc1cccc(Nc2nnc(S[C@H]3CS(=O)(=O)C[C@H]3O)s2)c1C. The molecule has 0 radical (unpaired) electrons. The molecule has 1 saturated heterocycles. The Morgan fingerprint density at radius 2 is 2.09 bits per heavy atom. The monoisotopic (exact) mass is 371 g/mol. The molecule has 9 heteroatoms. The number of aliphatic hydroxyl groups excluding tert-OH is 1. The van der Waals surface area contributed by atoms with Crippen molar-refractivity contribution in [2.45, 2.75) is 29.5 Å². The quantitative estimate of drug-likeness (QED) is 0.851. The fourth-order valence-corrected chi connectivity index (χ4v) is 6.87. The summed E-state index contributed by atoms with van der Waals surface area (Å²) in [4.78, 5) is 0. The highest BCUT2D eigenvalue weighted by Gasteiger charge is 2.37. The van der Waals surface area contributed by atoms with Gasteiger partial charge in [0.05, 0.1) is 22.9 Å². The van der Waals surface area contributed by atoms with E-state index in [1.54, 1.807) is 0 Å². The molecule has 0 spiro atoms. The molecule has 0 amide bonds. The van der Waals surface area contributed by atoms with Gasteiger partial charge in [-0.05, 0) is 31.0 Å². The Balaban J connectivity index is 1.70. The van der Waals surface area contributed by atoms with Gasteiger partial charge in [-0.3, -0.25) is 0 Å². The summed E-state index contributed by atoms with van der Waals surface area (Å²) in [6.07, 6.45) is -0.843. The van der Waals surface area contributed by atoms with E-state index in [-0.39, 0.29) is 16.8 Å². The topological polar surface area (TPSA) is 92.2 Å². The van der Waals surface area contributed by atoms with E-state index in [9.17, 15) is 13.5 Å². The van der Waals surface area contributed by atoms with Crippen molar-refractivity contribution < 1.29 is 13.5 Å². The van der Waals surface area contributed by atoms with Gasteiger partial charge >= 0.3 is 0 Å². The van der Waals surface area contributed by atoms with Crippen LogP contribution in [0.3, 0.4) is 0 Å². The number of sulfone groups is 1. The normalized spacial score (nSPS) is 23.1. The third kappa shape index (κ3) is 3.85. The van der Waals surface area contributed by atoms with Gasteiger partial charge in [-0.15, -0.1) is 10.2 Å². The fraction of sp³-hybridized carbons (Fsp3) is 0.429.